The lowest BCUT2D eigenvalue weighted by atomic mass is 10.1. The maximum atomic E-state index is 5.98. The van der Waals surface area contributed by atoms with Crippen LogP contribution in [0.4, 0.5) is 0 Å². The van der Waals surface area contributed by atoms with Crippen molar-refractivity contribution in [1.82, 2.24) is 9.32 Å². The number of rotatable bonds is 2. The van der Waals surface area contributed by atoms with Crippen LogP contribution in [-0.2, 0) is 0 Å². The number of halogens is 1. The maximum Gasteiger partial charge on any atom is 0.231 e. The van der Waals surface area contributed by atoms with Crippen LogP contribution in [0.25, 0.3) is 0 Å². The largest absolute Gasteiger partial charge is 0.454 e. The molecule has 5 heteroatoms. The van der Waals surface area contributed by atoms with Gasteiger partial charge in [0.15, 0.2) is 11.5 Å². The fraction of sp³-hybridized carbons (Fsp3) is 0.538. The van der Waals surface area contributed by atoms with E-state index < -0.39 is 0 Å². The molecule has 18 heavy (non-hydrogen) atoms. The Morgan fingerprint density at radius 2 is 1.83 bits per heavy atom. The van der Waals surface area contributed by atoms with Crippen molar-refractivity contribution in [3.63, 3.8) is 0 Å². The van der Waals surface area contributed by atoms with Gasteiger partial charge in [-0.3, -0.25) is 4.90 Å². The molecule has 1 fully saturated rings. The van der Waals surface area contributed by atoms with E-state index in [9.17, 15) is 0 Å². The van der Waals surface area contributed by atoms with Crippen LogP contribution in [0.2, 0.25) is 0 Å². The summed E-state index contributed by atoms with van der Waals surface area (Å²) in [6, 6.07) is 6.57. The first-order valence-corrected chi connectivity index (χ1v) is 6.62. The average molecular weight is 269 g/mol. The first kappa shape index (κ1) is 12.1. The zero-order valence-electron chi connectivity index (χ0n) is 10.4. The van der Waals surface area contributed by atoms with Gasteiger partial charge in [-0.2, -0.15) is 0 Å². The summed E-state index contributed by atoms with van der Waals surface area (Å²) in [7, 11) is 0. The van der Waals surface area contributed by atoms with Crippen molar-refractivity contribution >= 4 is 11.8 Å². The minimum atomic E-state index is 0.331. The lowest BCUT2D eigenvalue weighted by molar-refractivity contribution is 0.147. The minimum absolute atomic E-state index is 0.331. The third-order valence-corrected chi connectivity index (χ3v) is 4.02. The third kappa shape index (κ3) is 2.28. The van der Waals surface area contributed by atoms with E-state index in [2.05, 4.69) is 24.0 Å². The maximum absolute atomic E-state index is 5.98. The van der Waals surface area contributed by atoms with Crippen molar-refractivity contribution < 1.29 is 9.47 Å². The molecule has 0 N–H and O–H groups in total. The molecule has 0 radical (unpaired) electrons. The summed E-state index contributed by atoms with van der Waals surface area (Å²) in [6.07, 6.45) is 0. The van der Waals surface area contributed by atoms with Crippen molar-refractivity contribution in [1.29, 1.82) is 0 Å². The van der Waals surface area contributed by atoms with Crippen LogP contribution in [0, 0.1) is 0 Å². The molecule has 0 aromatic heterocycles. The molecular formula is C13H17ClN2O2. The first-order valence-electron chi connectivity index (χ1n) is 6.28. The van der Waals surface area contributed by atoms with Gasteiger partial charge in [-0.15, -0.1) is 0 Å². The van der Waals surface area contributed by atoms with Crippen LogP contribution in [0.5, 0.6) is 11.5 Å². The van der Waals surface area contributed by atoms with Crippen LogP contribution in [0.1, 0.15) is 18.5 Å². The Hall–Kier alpha value is -0.970. The predicted octanol–water partition coefficient (Wildman–Crippen LogP) is 2.25. The molecule has 98 valence electrons. The van der Waals surface area contributed by atoms with Gasteiger partial charge in [0.1, 0.15) is 0 Å². The molecule has 0 aliphatic carbocycles. The van der Waals surface area contributed by atoms with Gasteiger partial charge in [-0.05, 0) is 36.4 Å². The van der Waals surface area contributed by atoms with Gasteiger partial charge in [0.25, 0.3) is 0 Å². The minimum Gasteiger partial charge on any atom is -0.454 e. The molecular weight excluding hydrogens is 252 g/mol. The van der Waals surface area contributed by atoms with Crippen LogP contribution < -0.4 is 9.47 Å². The fourth-order valence-corrected chi connectivity index (χ4v) is 2.62. The number of fused-ring (bicyclic) bond motifs is 1. The molecule has 1 atom stereocenters. The van der Waals surface area contributed by atoms with Crippen molar-refractivity contribution in [3.8, 4) is 11.5 Å². The Bertz CT molecular complexity index is 433. The Kier molecular flexibility index (Phi) is 3.33. The topological polar surface area (TPSA) is 24.9 Å². The summed E-state index contributed by atoms with van der Waals surface area (Å²) in [5, 5.41) is 0. The second kappa shape index (κ2) is 4.96. The lowest BCUT2D eigenvalue weighted by Crippen LogP contribution is -2.43. The number of ether oxygens (including phenoxy) is 2. The lowest BCUT2D eigenvalue weighted by Gasteiger charge is -2.35. The Balaban J connectivity index is 1.74. The van der Waals surface area contributed by atoms with Gasteiger partial charge in [0, 0.05) is 32.2 Å². The molecule has 0 spiro atoms. The average Bonchev–Trinajstić information content (AvgIpc) is 2.86. The van der Waals surface area contributed by atoms with Crippen molar-refractivity contribution in [2.45, 2.75) is 13.0 Å². The van der Waals surface area contributed by atoms with Crippen LogP contribution in [0.3, 0.4) is 0 Å². The van der Waals surface area contributed by atoms with Gasteiger partial charge in [0.05, 0.1) is 0 Å². The number of hydrogen-bond donors (Lipinski definition) is 0. The SMILES string of the molecule is CC(c1ccc2c(c1)OCO2)N1CCN(Cl)CC1. The van der Waals surface area contributed by atoms with Gasteiger partial charge < -0.3 is 9.47 Å². The highest BCUT2D eigenvalue weighted by Crippen LogP contribution is 2.35. The van der Waals surface area contributed by atoms with E-state index in [4.69, 9.17) is 21.3 Å². The van der Waals surface area contributed by atoms with E-state index in [1.54, 1.807) is 0 Å². The van der Waals surface area contributed by atoms with Crippen LogP contribution in [-0.4, -0.2) is 42.3 Å². The van der Waals surface area contributed by atoms with Crippen molar-refractivity contribution in [2.75, 3.05) is 33.0 Å². The van der Waals surface area contributed by atoms with E-state index in [0.29, 0.717) is 12.8 Å². The monoisotopic (exact) mass is 268 g/mol. The van der Waals surface area contributed by atoms with Gasteiger partial charge >= 0.3 is 0 Å². The molecule has 4 nitrogen and oxygen atoms in total. The smallest absolute Gasteiger partial charge is 0.231 e. The molecule has 3 rings (SSSR count). The second-order valence-electron chi connectivity index (χ2n) is 4.73. The van der Waals surface area contributed by atoms with Crippen LogP contribution >= 0.6 is 11.8 Å². The predicted molar refractivity (Wildman–Crippen MR) is 70.0 cm³/mol. The zero-order chi connectivity index (χ0) is 12.5. The number of piperazine rings is 1. The quantitative estimate of drug-likeness (QED) is 0.768. The normalized spacial score (nSPS) is 22.1. The number of benzene rings is 1. The molecule has 1 aromatic carbocycles. The summed E-state index contributed by atoms with van der Waals surface area (Å²) < 4.78 is 12.6. The van der Waals surface area contributed by atoms with E-state index >= 15 is 0 Å². The third-order valence-electron chi connectivity index (χ3n) is 3.69. The Morgan fingerprint density at radius 1 is 1.11 bits per heavy atom. The molecule has 2 heterocycles. The number of nitrogens with zero attached hydrogens (tertiary/aromatic N) is 2. The summed E-state index contributed by atoms with van der Waals surface area (Å²) in [5.41, 5.74) is 1.27. The summed E-state index contributed by atoms with van der Waals surface area (Å²) in [6.45, 7) is 6.38. The molecule has 1 aromatic rings. The van der Waals surface area contributed by atoms with E-state index in [-0.39, 0.29) is 0 Å². The molecule has 0 bridgehead atoms. The summed E-state index contributed by atoms with van der Waals surface area (Å²) in [4.78, 5) is 2.44. The zero-order valence-corrected chi connectivity index (χ0v) is 11.2. The molecule has 1 saturated heterocycles. The molecule has 0 saturated carbocycles. The highest BCUT2D eigenvalue weighted by Gasteiger charge is 2.23. The standard InChI is InChI=1S/C13H17ClN2O2/c1-10(15-4-6-16(14)7-5-15)11-2-3-12-13(8-11)18-9-17-12/h2-3,8,10H,4-7,9H2,1H3. The Morgan fingerprint density at radius 3 is 2.61 bits per heavy atom. The van der Waals surface area contributed by atoms with Gasteiger partial charge in [0.2, 0.25) is 6.79 Å². The highest BCUT2D eigenvalue weighted by atomic mass is 35.5. The fourth-order valence-electron chi connectivity index (χ4n) is 2.47. The van der Waals surface area contributed by atoms with E-state index in [1.165, 1.54) is 5.56 Å². The summed E-state index contributed by atoms with van der Waals surface area (Å²) in [5.74, 6) is 1.70. The van der Waals surface area contributed by atoms with Crippen molar-refractivity contribution in [2.24, 2.45) is 0 Å². The van der Waals surface area contributed by atoms with Crippen molar-refractivity contribution in [3.05, 3.63) is 23.8 Å². The van der Waals surface area contributed by atoms with Crippen LogP contribution in [0.15, 0.2) is 18.2 Å². The van der Waals surface area contributed by atoms with E-state index in [1.807, 2.05) is 10.5 Å². The highest BCUT2D eigenvalue weighted by molar-refractivity contribution is 6.13. The molecule has 0 amide bonds. The molecule has 2 aliphatic rings. The molecule has 1 unspecified atom stereocenters. The van der Waals surface area contributed by atoms with Gasteiger partial charge in [-0.1, -0.05) is 6.07 Å². The number of hydrogen-bond acceptors (Lipinski definition) is 4. The molecule has 2 aliphatic heterocycles. The van der Waals surface area contributed by atoms with E-state index in [0.717, 1.165) is 37.7 Å². The first-order chi connectivity index (χ1) is 8.74. The van der Waals surface area contributed by atoms with Gasteiger partial charge in [-0.25, -0.2) is 4.42 Å². The second-order valence-corrected chi connectivity index (χ2v) is 5.21. The Labute approximate surface area is 112 Å². The summed E-state index contributed by atoms with van der Waals surface area (Å²) >= 11 is 5.98.